The van der Waals surface area contributed by atoms with Crippen molar-refractivity contribution in [2.45, 2.75) is 52.0 Å². The number of nitrogens with one attached hydrogen (secondary N) is 1. The van der Waals surface area contributed by atoms with Crippen molar-refractivity contribution in [3.63, 3.8) is 0 Å². The van der Waals surface area contributed by atoms with Crippen LogP contribution in [0.25, 0.3) is 0 Å². The molecule has 0 saturated carbocycles. The molecule has 0 aromatic carbocycles. The molecule has 1 aromatic heterocycles. The summed E-state index contributed by atoms with van der Waals surface area (Å²) in [5, 5.41) is 4.74. The summed E-state index contributed by atoms with van der Waals surface area (Å²) >= 11 is 1.82. The fourth-order valence-electron chi connectivity index (χ4n) is 1.72. The Morgan fingerprint density at radius 2 is 2.12 bits per heavy atom. The third kappa shape index (κ3) is 5.61. The molecule has 0 bridgehead atoms. The summed E-state index contributed by atoms with van der Waals surface area (Å²) in [5.74, 6) is 0. The second-order valence-corrected chi connectivity index (χ2v) is 5.54. The topological polar surface area (TPSA) is 50.9 Å². The predicted molar refractivity (Wildman–Crippen MR) is 75.4 cm³/mol. The molecule has 17 heavy (non-hydrogen) atoms. The van der Waals surface area contributed by atoms with E-state index >= 15 is 0 Å². The van der Waals surface area contributed by atoms with E-state index < -0.39 is 0 Å². The first-order valence-electron chi connectivity index (χ1n) is 6.66. The van der Waals surface area contributed by atoms with Gasteiger partial charge in [0.25, 0.3) is 0 Å². The van der Waals surface area contributed by atoms with Crippen LogP contribution in [0.2, 0.25) is 0 Å². The molecule has 1 rings (SSSR count). The van der Waals surface area contributed by atoms with E-state index in [1.165, 1.54) is 29.1 Å². The van der Waals surface area contributed by atoms with Gasteiger partial charge in [-0.15, -0.1) is 11.3 Å². The molecule has 4 heteroatoms. The SMILES string of the molecule is CCc1cnc(C(C)NCCCCCCN)s1. The zero-order valence-corrected chi connectivity index (χ0v) is 11.9. The van der Waals surface area contributed by atoms with Gasteiger partial charge in [0, 0.05) is 11.1 Å². The van der Waals surface area contributed by atoms with Crippen LogP contribution in [-0.4, -0.2) is 18.1 Å². The van der Waals surface area contributed by atoms with Crippen molar-refractivity contribution in [2.75, 3.05) is 13.1 Å². The van der Waals surface area contributed by atoms with E-state index in [0.29, 0.717) is 6.04 Å². The number of aryl methyl sites for hydroxylation is 1. The van der Waals surface area contributed by atoms with Gasteiger partial charge in [0.05, 0.1) is 6.04 Å². The monoisotopic (exact) mass is 255 g/mol. The third-order valence-corrected chi connectivity index (χ3v) is 4.20. The predicted octanol–water partition coefficient (Wildman–Crippen LogP) is 2.88. The number of hydrogen-bond donors (Lipinski definition) is 2. The van der Waals surface area contributed by atoms with Crippen LogP contribution >= 0.6 is 11.3 Å². The Labute approximate surface area is 109 Å². The zero-order valence-electron chi connectivity index (χ0n) is 11.0. The number of rotatable bonds is 9. The molecule has 3 N–H and O–H groups in total. The molecule has 0 saturated heterocycles. The average molecular weight is 255 g/mol. The fraction of sp³-hybridized carbons (Fsp3) is 0.769. The molecule has 0 aliphatic carbocycles. The van der Waals surface area contributed by atoms with Crippen LogP contribution in [-0.2, 0) is 6.42 Å². The Hall–Kier alpha value is -0.450. The summed E-state index contributed by atoms with van der Waals surface area (Å²) in [6.07, 6.45) is 8.00. The van der Waals surface area contributed by atoms with Crippen LogP contribution in [0.5, 0.6) is 0 Å². The van der Waals surface area contributed by atoms with Crippen molar-refractivity contribution in [1.82, 2.24) is 10.3 Å². The minimum absolute atomic E-state index is 0.384. The van der Waals surface area contributed by atoms with Crippen LogP contribution < -0.4 is 11.1 Å². The van der Waals surface area contributed by atoms with Crippen molar-refractivity contribution in [3.8, 4) is 0 Å². The summed E-state index contributed by atoms with van der Waals surface area (Å²) in [7, 11) is 0. The molecule has 1 atom stereocenters. The maximum Gasteiger partial charge on any atom is 0.109 e. The molecule has 1 aromatic rings. The average Bonchev–Trinajstić information content (AvgIpc) is 2.82. The van der Waals surface area contributed by atoms with Crippen molar-refractivity contribution in [1.29, 1.82) is 0 Å². The number of hydrogen-bond acceptors (Lipinski definition) is 4. The number of aromatic nitrogens is 1. The first-order valence-corrected chi connectivity index (χ1v) is 7.47. The molecular weight excluding hydrogens is 230 g/mol. The maximum atomic E-state index is 5.46. The summed E-state index contributed by atoms with van der Waals surface area (Å²) < 4.78 is 0. The van der Waals surface area contributed by atoms with Crippen molar-refractivity contribution in [3.05, 3.63) is 16.1 Å². The Bertz CT molecular complexity index is 299. The number of thiazole rings is 1. The highest BCUT2D eigenvalue weighted by molar-refractivity contribution is 7.11. The quantitative estimate of drug-likeness (QED) is 0.667. The Kier molecular flexibility index (Phi) is 7.40. The van der Waals surface area contributed by atoms with Gasteiger partial charge in [-0.3, -0.25) is 0 Å². The number of unbranched alkanes of at least 4 members (excludes halogenated alkanes) is 3. The minimum Gasteiger partial charge on any atom is -0.330 e. The van der Waals surface area contributed by atoms with Crippen molar-refractivity contribution >= 4 is 11.3 Å². The first-order chi connectivity index (χ1) is 8.27. The standard InChI is InChI=1S/C13H25N3S/c1-3-12-10-16-13(17-12)11(2)15-9-7-5-4-6-8-14/h10-11,15H,3-9,14H2,1-2H3. The normalized spacial score (nSPS) is 12.9. The van der Waals surface area contributed by atoms with E-state index in [9.17, 15) is 0 Å². The van der Waals surface area contributed by atoms with Crippen molar-refractivity contribution in [2.24, 2.45) is 5.73 Å². The van der Waals surface area contributed by atoms with Crippen LogP contribution in [0.3, 0.4) is 0 Å². The molecule has 0 aliphatic rings. The highest BCUT2D eigenvalue weighted by Crippen LogP contribution is 2.20. The van der Waals surface area contributed by atoms with E-state index in [2.05, 4.69) is 24.1 Å². The molecule has 98 valence electrons. The Balaban J connectivity index is 2.14. The highest BCUT2D eigenvalue weighted by atomic mass is 32.1. The number of nitrogens with two attached hydrogens (primary N) is 1. The van der Waals surface area contributed by atoms with Crippen LogP contribution in [0.15, 0.2) is 6.20 Å². The lowest BCUT2D eigenvalue weighted by Crippen LogP contribution is -2.19. The molecule has 0 aliphatic heterocycles. The van der Waals surface area contributed by atoms with Gasteiger partial charge in [-0.2, -0.15) is 0 Å². The molecule has 1 heterocycles. The summed E-state index contributed by atoms with van der Waals surface area (Å²) in [6, 6.07) is 0.384. The second-order valence-electron chi connectivity index (χ2n) is 4.40. The van der Waals surface area contributed by atoms with E-state index in [1.807, 2.05) is 17.5 Å². The summed E-state index contributed by atoms with van der Waals surface area (Å²) in [5.41, 5.74) is 5.46. The van der Waals surface area contributed by atoms with Crippen molar-refractivity contribution < 1.29 is 0 Å². The highest BCUT2D eigenvalue weighted by Gasteiger charge is 2.08. The van der Waals surface area contributed by atoms with Gasteiger partial charge in [-0.1, -0.05) is 19.8 Å². The first kappa shape index (κ1) is 14.6. The van der Waals surface area contributed by atoms with Gasteiger partial charge in [-0.05, 0) is 39.3 Å². The van der Waals surface area contributed by atoms with Gasteiger partial charge in [-0.25, -0.2) is 4.98 Å². The van der Waals surface area contributed by atoms with Crippen LogP contribution in [0.4, 0.5) is 0 Å². The number of nitrogens with zero attached hydrogens (tertiary/aromatic N) is 1. The van der Waals surface area contributed by atoms with Gasteiger partial charge < -0.3 is 11.1 Å². The van der Waals surface area contributed by atoms with Gasteiger partial charge in [0.1, 0.15) is 5.01 Å². The van der Waals surface area contributed by atoms with E-state index in [-0.39, 0.29) is 0 Å². The maximum absolute atomic E-state index is 5.46. The zero-order chi connectivity index (χ0) is 12.5. The van der Waals surface area contributed by atoms with Gasteiger partial charge in [0.15, 0.2) is 0 Å². The minimum atomic E-state index is 0.384. The van der Waals surface area contributed by atoms with Crippen LogP contribution in [0, 0.1) is 0 Å². The lowest BCUT2D eigenvalue weighted by Gasteiger charge is -2.10. The lowest BCUT2D eigenvalue weighted by molar-refractivity contribution is 0.532. The molecule has 3 nitrogen and oxygen atoms in total. The molecule has 1 unspecified atom stereocenters. The molecule has 0 fully saturated rings. The van der Waals surface area contributed by atoms with E-state index in [0.717, 1.165) is 25.9 Å². The van der Waals surface area contributed by atoms with E-state index in [4.69, 9.17) is 5.73 Å². The Morgan fingerprint density at radius 3 is 2.76 bits per heavy atom. The van der Waals surface area contributed by atoms with Gasteiger partial charge in [0.2, 0.25) is 0 Å². The molecule has 0 spiro atoms. The second kappa shape index (κ2) is 8.61. The van der Waals surface area contributed by atoms with Gasteiger partial charge >= 0.3 is 0 Å². The third-order valence-electron chi connectivity index (χ3n) is 2.87. The van der Waals surface area contributed by atoms with E-state index in [1.54, 1.807) is 0 Å². The Morgan fingerprint density at radius 1 is 1.35 bits per heavy atom. The summed E-state index contributed by atoms with van der Waals surface area (Å²) in [4.78, 5) is 5.83. The molecular formula is C13H25N3S. The molecule has 0 radical (unpaired) electrons. The lowest BCUT2D eigenvalue weighted by atomic mass is 10.2. The smallest absolute Gasteiger partial charge is 0.109 e. The fourth-order valence-corrected chi connectivity index (χ4v) is 2.60. The van der Waals surface area contributed by atoms with Crippen LogP contribution in [0.1, 0.15) is 55.5 Å². The largest absolute Gasteiger partial charge is 0.330 e. The molecule has 0 amide bonds. The summed E-state index contributed by atoms with van der Waals surface area (Å²) in [6.45, 7) is 6.26.